The fourth-order valence-electron chi connectivity index (χ4n) is 1.36. The molecular weight excluding hydrogens is 332 g/mol. The molecule has 4 amide bonds. The first-order chi connectivity index (χ1) is 10.8. The minimum Gasteiger partial charge on any atom is -0.479 e. The second kappa shape index (κ2) is 7.34. The van der Waals surface area contributed by atoms with E-state index in [0.29, 0.717) is 0 Å². The zero-order valence-electron chi connectivity index (χ0n) is 12.1. The van der Waals surface area contributed by atoms with Gasteiger partial charge in [0.05, 0.1) is 13.1 Å². The predicted octanol–water partition coefficient (Wildman–Crippen LogP) is -4.97. The standard InChI is InChI=1S/C10H16N6O8/c11-7(23)15-1-9(13,5(19)20)3(17)4(18)10(14,6(21)22)2-16-8(12)24/h1-2,13-14H2,(H,19,20)(H,21,22)(H3,11,15,23)(H3,12,16,24)/t9-,10-/m0/s1. The number of hydrogen-bond donors (Lipinski definition) is 8. The molecule has 2 atom stereocenters. The Balaban J connectivity index is 5.71. The van der Waals surface area contributed by atoms with E-state index in [1.54, 1.807) is 10.6 Å². The van der Waals surface area contributed by atoms with E-state index in [4.69, 9.17) is 33.1 Å². The van der Waals surface area contributed by atoms with E-state index >= 15 is 0 Å². The van der Waals surface area contributed by atoms with Gasteiger partial charge in [0, 0.05) is 0 Å². The van der Waals surface area contributed by atoms with Gasteiger partial charge < -0.3 is 43.8 Å². The lowest BCUT2D eigenvalue weighted by Gasteiger charge is -2.28. The van der Waals surface area contributed by atoms with E-state index in [-0.39, 0.29) is 0 Å². The van der Waals surface area contributed by atoms with Crippen LogP contribution in [0.15, 0.2) is 0 Å². The summed E-state index contributed by atoms with van der Waals surface area (Å²) in [5.41, 5.74) is 13.9. The molecule has 0 fully saturated rings. The van der Waals surface area contributed by atoms with Crippen LogP contribution in [0.25, 0.3) is 0 Å². The first kappa shape index (κ1) is 20.7. The molecule has 0 aromatic heterocycles. The van der Waals surface area contributed by atoms with Crippen molar-refractivity contribution in [3.63, 3.8) is 0 Å². The third kappa shape index (κ3) is 4.37. The van der Waals surface area contributed by atoms with Crippen LogP contribution in [-0.4, -0.2) is 69.9 Å². The summed E-state index contributed by atoms with van der Waals surface area (Å²) in [5.74, 6) is -7.96. The monoisotopic (exact) mass is 348 g/mol. The molecule has 0 heterocycles. The van der Waals surface area contributed by atoms with E-state index < -0.39 is 59.7 Å². The molecule has 0 aromatic rings. The molecule has 0 aromatic carbocycles. The zero-order chi connectivity index (χ0) is 19.3. The Morgan fingerprint density at radius 1 is 0.708 bits per heavy atom. The molecule has 12 N–H and O–H groups in total. The second-order valence-electron chi connectivity index (χ2n) is 4.65. The van der Waals surface area contributed by atoms with Crippen LogP contribution in [0, 0.1) is 0 Å². The van der Waals surface area contributed by atoms with Gasteiger partial charge in [-0.15, -0.1) is 0 Å². The molecule has 24 heavy (non-hydrogen) atoms. The lowest BCUT2D eigenvalue weighted by atomic mass is 9.83. The van der Waals surface area contributed by atoms with Crippen molar-refractivity contribution in [3.05, 3.63) is 0 Å². The van der Waals surface area contributed by atoms with Crippen LogP contribution >= 0.6 is 0 Å². The molecule has 0 rings (SSSR count). The molecule has 0 saturated carbocycles. The molecule has 0 aliphatic carbocycles. The van der Waals surface area contributed by atoms with Crippen molar-refractivity contribution in [2.45, 2.75) is 11.1 Å². The maximum atomic E-state index is 12.1. The maximum absolute atomic E-state index is 12.1. The molecule has 0 aliphatic heterocycles. The van der Waals surface area contributed by atoms with Gasteiger partial charge in [0.1, 0.15) is 0 Å². The number of Topliss-reactive ketones (excluding diaryl/α,β-unsaturated/α-hetero) is 2. The summed E-state index contributed by atoms with van der Waals surface area (Å²) in [6.45, 7) is -2.22. The number of hydrogen-bond acceptors (Lipinski definition) is 8. The number of carboxylic acid groups (broad SMARTS) is 2. The van der Waals surface area contributed by atoms with Gasteiger partial charge in [-0.2, -0.15) is 0 Å². The Bertz CT molecular complexity index is 554. The Hall–Kier alpha value is -3.26. The molecule has 0 radical (unpaired) electrons. The largest absolute Gasteiger partial charge is 0.479 e. The summed E-state index contributed by atoms with van der Waals surface area (Å²) in [5, 5.41) is 21.5. The highest BCUT2D eigenvalue weighted by molar-refractivity contribution is 6.50. The lowest BCUT2D eigenvalue weighted by molar-refractivity contribution is -0.157. The molecule has 0 saturated heterocycles. The quantitative estimate of drug-likeness (QED) is 0.145. The van der Waals surface area contributed by atoms with Crippen LogP contribution in [0.2, 0.25) is 0 Å². The number of primary amides is 2. The van der Waals surface area contributed by atoms with Crippen LogP contribution < -0.4 is 33.6 Å². The molecule has 0 spiro atoms. The van der Waals surface area contributed by atoms with Crippen molar-refractivity contribution in [1.29, 1.82) is 0 Å². The van der Waals surface area contributed by atoms with Gasteiger partial charge in [-0.3, -0.25) is 9.59 Å². The van der Waals surface area contributed by atoms with Crippen molar-refractivity contribution < 1.29 is 39.0 Å². The van der Waals surface area contributed by atoms with Crippen molar-refractivity contribution in [3.8, 4) is 0 Å². The SMILES string of the molecule is NC(=O)NC[C@@](N)(C(=O)O)C(=O)C(=O)[C@@](N)(CNC(N)=O)C(=O)O. The molecule has 0 bridgehead atoms. The molecular formula is C10H16N6O8. The van der Waals surface area contributed by atoms with Crippen LogP contribution in [0.4, 0.5) is 9.59 Å². The molecule has 134 valence electrons. The van der Waals surface area contributed by atoms with Crippen molar-refractivity contribution >= 4 is 35.6 Å². The summed E-state index contributed by atoms with van der Waals surface area (Å²) in [7, 11) is 0. The Labute approximate surface area is 133 Å². The van der Waals surface area contributed by atoms with E-state index in [9.17, 15) is 28.8 Å². The predicted molar refractivity (Wildman–Crippen MR) is 74.3 cm³/mol. The first-order valence-electron chi connectivity index (χ1n) is 5.99. The van der Waals surface area contributed by atoms with Crippen LogP contribution in [0.1, 0.15) is 0 Å². The summed E-state index contributed by atoms with van der Waals surface area (Å²) in [4.78, 5) is 67.8. The molecule has 14 heteroatoms. The third-order valence-corrected chi connectivity index (χ3v) is 2.86. The molecule has 0 aliphatic rings. The van der Waals surface area contributed by atoms with E-state index in [0.717, 1.165) is 0 Å². The number of carboxylic acids is 2. The van der Waals surface area contributed by atoms with E-state index in [1.165, 1.54) is 0 Å². The Kier molecular flexibility index (Phi) is 6.34. The Morgan fingerprint density at radius 2 is 0.958 bits per heavy atom. The number of nitrogens with two attached hydrogens (primary N) is 4. The number of urea groups is 2. The second-order valence-corrected chi connectivity index (χ2v) is 4.65. The van der Waals surface area contributed by atoms with Gasteiger partial charge in [0.2, 0.25) is 11.6 Å². The summed E-state index contributed by atoms with van der Waals surface area (Å²) in [6.07, 6.45) is 0. The minimum atomic E-state index is -3.03. The summed E-state index contributed by atoms with van der Waals surface area (Å²) in [6, 6.07) is -2.50. The minimum absolute atomic E-state index is 1.11. The molecule has 0 unspecified atom stereocenters. The normalized spacial score (nSPS) is 15.2. The first-order valence-corrected chi connectivity index (χ1v) is 5.99. The maximum Gasteiger partial charge on any atom is 0.333 e. The highest BCUT2D eigenvalue weighted by Crippen LogP contribution is 2.11. The van der Waals surface area contributed by atoms with E-state index in [2.05, 4.69) is 0 Å². The van der Waals surface area contributed by atoms with Gasteiger partial charge >= 0.3 is 24.0 Å². The van der Waals surface area contributed by atoms with Gasteiger partial charge in [-0.1, -0.05) is 0 Å². The number of carbonyl (C=O) groups excluding carboxylic acids is 4. The number of ketones is 2. The van der Waals surface area contributed by atoms with Gasteiger partial charge in [-0.05, 0) is 0 Å². The summed E-state index contributed by atoms with van der Waals surface area (Å²) < 4.78 is 0. The third-order valence-electron chi connectivity index (χ3n) is 2.86. The van der Waals surface area contributed by atoms with Gasteiger partial charge in [0.15, 0.2) is 11.1 Å². The van der Waals surface area contributed by atoms with Gasteiger partial charge in [-0.25, -0.2) is 19.2 Å². The fraction of sp³-hybridized carbons (Fsp3) is 0.400. The molecule has 14 nitrogen and oxygen atoms in total. The van der Waals surface area contributed by atoms with Crippen LogP contribution in [0.5, 0.6) is 0 Å². The average Bonchev–Trinajstić information content (AvgIpc) is 2.47. The highest BCUT2D eigenvalue weighted by Gasteiger charge is 2.54. The summed E-state index contributed by atoms with van der Waals surface area (Å²) >= 11 is 0. The van der Waals surface area contributed by atoms with Crippen molar-refractivity contribution in [1.82, 2.24) is 10.6 Å². The fourth-order valence-corrected chi connectivity index (χ4v) is 1.36. The van der Waals surface area contributed by atoms with Crippen molar-refractivity contribution in [2.24, 2.45) is 22.9 Å². The van der Waals surface area contributed by atoms with Crippen LogP contribution in [0.3, 0.4) is 0 Å². The topological polar surface area (TPSA) is 271 Å². The number of amides is 4. The number of aliphatic carboxylic acids is 2. The van der Waals surface area contributed by atoms with Crippen molar-refractivity contribution in [2.75, 3.05) is 13.1 Å². The zero-order valence-corrected chi connectivity index (χ0v) is 12.1. The highest BCUT2D eigenvalue weighted by atomic mass is 16.4. The smallest absolute Gasteiger partial charge is 0.333 e. The Morgan fingerprint density at radius 3 is 1.12 bits per heavy atom. The number of nitrogens with one attached hydrogen (secondary N) is 2. The number of carbonyl (C=O) groups is 6. The van der Waals surface area contributed by atoms with Gasteiger partial charge in [0.25, 0.3) is 0 Å². The van der Waals surface area contributed by atoms with Crippen LogP contribution in [-0.2, 0) is 19.2 Å². The lowest BCUT2D eigenvalue weighted by Crippen LogP contribution is -2.71. The average molecular weight is 348 g/mol. The van der Waals surface area contributed by atoms with E-state index in [1.807, 2.05) is 0 Å². The number of rotatable bonds is 9.